The smallest absolute Gasteiger partial charge is 0.229 e. The van der Waals surface area contributed by atoms with E-state index in [1.54, 1.807) is 0 Å². The van der Waals surface area contributed by atoms with Crippen LogP contribution < -0.4 is 5.73 Å². The largest absolute Gasteiger partial charge is 0.385 e. The number of benzene rings is 1. The number of amides is 1. The molecule has 1 aliphatic heterocycles. The standard InChI is InChI=1S/C20H30N2O2/c1-15(2)19(9-8-17(21)14-19)18(23)22-12-10-20(24,11-13-22)16-6-4-3-5-7-16/h3-7,15,17,24H,8-14,21H2,1-2H3/t17-,19?/m1/s1. The van der Waals surface area contributed by atoms with Crippen LogP contribution in [0, 0.1) is 11.3 Å². The highest BCUT2D eigenvalue weighted by Gasteiger charge is 2.49. The number of hydrogen-bond donors (Lipinski definition) is 2. The van der Waals surface area contributed by atoms with Crippen LogP contribution in [0.15, 0.2) is 30.3 Å². The minimum absolute atomic E-state index is 0.141. The summed E-state index contributed by atoms with van der Waals surface area (Å²) in [6.07, 6.45) is 3.82. The predicted molar refractivity (Wildman–Crippen MR) is 95.3 cm³/mol. The summed E-state index contributed by atoms with van der Waals surface area (Å²) in [6.45, 7) is 5.52. The highest BCUT2D eigenvalue weighted by atomic mass is 16.3. The van der Waals surface area contributed by atoms with Crippen LogP contribution in [0.3, 0.4) is 0 Å². The van der Waals surface area contributed by atoms with E-state index in [-0.39, 0.29) is 17.4 Å². The van der Waals surface area contributed by atoms with Gasteiger partial charge in [0, 0.05) is 19.1 Å². The Balaban J connectivity index is 1.71. The van der Waals surface area contributed by atoms with Gasteiger partial charge in [-0.05, 0) is 43.6 Å². The Labute approximate surface area is 145 Å². The van der Waals surface area contributed by atoms with Crippen LogP contribution >= 0.6 is 0 Å². The maximum Gasteiger partial charge on any atom is 0.229 e. The lowest BCUT2D eigenvalue weighted by Crippen LogP contribution is -2.51. The van der Waals surface area contributed by atoms with Crippen molar-refractivity contribution in [3.8, 4) is 0 Å². The molecule has 1 amide bonds. The second-order valence-corrected chi connectivity index (χ2v) is 8.00. The molecule has 1 unspecified atom stereocenters. The molecular weight excluding hydrogens is 300 g/mol. The molecule has 1 saturated carbocycles. The first kappa shape index (κ1) is 17.4. The third-order valence-electron chi connectivity index (χ3n) is 6.31. The third-order valence-corrected chi connectivity index (χ3v) is 6.31. The van der Waals surface area contributed by atoms with E-state index in [9.17, 15) is 9.90 Å². The molecule has 1 aliphatic carbocycles. The predicted octanol–water partition coefficient (Wildman–Crippen LogP) is 2.65. The van der Waals surface area contributed by atoms with Crippen LogP contribution in [0.5, 0.6) is 0 Å². The van der Waals surface area contributed by atoms with Crippen LogP contribution in [0.2, 0.25) is 0 Å². The van der Waals surface area contributed by atoms with Crippen molar-refractivity contribution in [2.24, 2.45) is 17.1 Å². The second-order valence-electron chi connectivity index (χ2n) is 8.00. The quantitative estimate of drug-likeness (QED) is 0.895. The topological polar surface area (TPSA) is 66.6 Å². The molecule has 132 valence electrons. The zero-order chi connectivity index (χ0) is 17.4. The molecule has 4 nitrogen and oxygen atoms in total. The van der Waals surface area contributed by atoms with Crippen LogP contribution in [0.4, 0.5) is 0 Å². The molecule has 0 aromatic heterocycles. The van der Waals surface area contributed by atoms with Crippen molar-refractivity contribution in [3.05, 3.63) is 35.9 Å². The van der Waals surface area contributed by atoms with Crippen molar-refractivity contribution >= 4 is 5.91 Å². The fourth-order valence-corrected chi connectivity index (χ4v) is 4.51. The van der Waals surface area contributed by atoms with Gasteiger partial charge in [-0.15, -0.1) is 0 Å². The van der Waals surface area contributed by atoms with Crippen molar-refractivity contribution in [2.75, 3.05) is 13.1 Å². The molecule has 0 bridgehead atoms. The van der Waals surface area contributed by atoms with Gasteiger partial charge in [-0.3, -0.25) is 4.79 Å². The summed E-state index contributed by atoms with van der Waals surface area (Å²) in [5.41, 5.74) is 5.97. The number of carbonyl (C=O) groups is 1. The summed E-state index contributed by atoms with van der Waals surface area (Å²) in [5, 5.41) is 11.0. The number of hydrogen-bond acceptors (Lipinski definition) is 3. The average molecular weight is 330 g/mol. The first-order valence-electron chi connectivity index (χ1n) is 9.20. The fraction of sp³-hybridized carbons (Fsp3) is 0.650. The minimum Gasteiger partial charge on any atom is -0.385 e. The number of nitrogens with zero attached hydrogens (tertiary/aromatic N) is 1. The molecule has 3 rings (SSSR count). The highest BCUT2D eigenvalue weighted by Crippen LogP contribution is 2.46. The highest BCUT2D eigenvalue weighted by molar-refractivity contribution is 5.83. The van der Waals surface area contributed by atoms with Gasteiger partial charge in [0.05, 0.1) is 11.0 Å². The lowest BCUT2D eigenvalue weighted by molar-refractivity contribution is -0.149. The molecule has 1 saturated heterocycles. The molecule has 2 fully saturated rings. The summed E-state index contributed by atoms with van der Waals surface area (Å²) >= 11 is 0. The van der Waals surface area contributed by atoms with E-state index in [1.807, 2.05) is 35.2 Å². The Bertz CT molecular complexity index is 579. The van der Waals surface area contributed by atoms with E-state index >= 15 is 0 Å². The first-order chi connectivity index (χ1) is 11.4. The van der Waals surface area contributed by atoms with Gasteiger partial charge >= 0.3 is 0 Å². The van der Waals surface area contributed by atoms with Crippen molar-refractivity contribution in [2.45, 2.75) is 57.6 Å². The fourth-order valence-electron chi connectivity index (χ4n) is 4.51. The number of aliphatic hydroxyl groups is 1. The maximum absolute atomic E-state index is 13.2. The molecule has 24 heavy (non-hydrogen) atoms. The summed E-state index contributed by atoms with van der Waals surface area (Å²) in [7, 11) is 0. The van der Waals surface area contributed by atoms with Crippen LogP contribution in [0.1, 0.15) is 51.5 Å². The number of likely N-dealkylation sites (tertiary alicyclic amines) is 1. The van der Waals surface area contributed by atoms with Gasteiger partial charge in [-0.2, -0.15) is 0 Å². The molecule has 1 aromatic carbocycles. The van der Waals surface area contributed by atoms with Gasteiger partial charge in [0.1, 0.15) is 0 Å². The van der Waals surface area contributed by atoms with Gasteiger partial charge in [0.15, 0.2) is 0 Å². The average Bonchev–Trinajstić information content (AvgIpc) is 2.99. The number of carbonyl (C=O) groups excluding carboxylic acids is 1. The van der Waals surface area contributed by atoms with E-state index in [2.05, 4.69) is 13.8 Å². The van der Waals surface area contributed by atoms with Gasteiger partial charge < -0.3 is 15.7 Å². The number of nitrogens with two attached hydrogens (primary N) is 1. The number of piperidine rings is 1. The van der Waals surface area contributed by atoms with E-state index in [4.69, 9.17) is 5.73 Å². The summed E-state index contributed by atoms with van der Waals surface area (Å²) < 4.78 is 0. The third kappa shape index (κ3) is 2.98. The molecule has 3 N–H and O–H groups in total. The Morgan fingerprint density at radius 3 is 2.33 bits per heavy atom. The SMILES string of the molecule is CC(C)C1(C(=O)N2CCC(O)(c3ccccc3)CC2)CC[C@@H](N)C1. The number of rotatable bonds is 3. The van der Waals surface area contributed by atoms with Crippen molar-refractivity contribution in [1.29, 1.82) is 0 Å². The van der Waals surface area contributed by atoms with Gasteiger partial charge in [-0.25, -0.2) is 0 Å². The molecule has 1 heterocycles. The zero-order valence-corrected chi connectivity index (χ0v) is 14.9. The molecule has 0 spiro atoms. The second kappa shape index (κ2) is 6.49. The van der Waals surface area contributed by atoms with Crippen molar-refractivity contribution in [3.63, 3.8) is 0 Å². The van der Waals surface area contributed by atoms with Crippen LogP contribution in [-0.4, -0.2) is 35.0 Å². The molecular formula is C20H30N2O2. The minimum atomic E-state index is -0.810. The lowest BCUT2D eigenvalue weighted by Gasteiger charge is -2.43. The van der Waals surface area contributed by atoms with E-state index in [1.165, 1.54) is 0 Å². The zero-order valence-electron chi connectivity index (χ0n) is 14.9. The molecule has 2 atom stereocenters. The molecule has 0 radical (unpaired) electrons. The molecule has 2 aliphatic rings. The summed E-state index contributed by atoms with van der Waals surface area (Å²) in [5.74, 6) is 0.550. The Hall–Kier alpha value is -1.39. The van der Waals surface area contributed by atoms with E-state index in [0.717, 1.165) is 24.8 Å². The Kier molecular flexibility index (Phi) is 4.71. The summed E-state index contributed by atoms with van der Waals surface area (Å²) in [4.78, 5) is 15.2. The monoisotopic (exact) mass is 330 g/mol. The molecule has 4 heteroatoms. The Morgan fingerprint density at radius 1 is 1.21 bits per heavy atom. The Morgan fingerprint density at radius 2 is 1.83 bits per heavy atom. The van der Waals surface area contributed by atoms with E-state index in [0.29, 0.717) is 31.8 Å². The summed E-state index contributed by atoms with van der Waals surface area (Å²) in [6, 6.07) is 9.96. The van der Waals surface area contributed by atoms with Crippen LogP contribution in [0.25, 0.3) is 0 Å². The van der Waals surface area contributed by atoms with Gasteiger partial charge in [-0.1, -0.05) is 44.2 Å². The molecule has 1 aromatic rings. The van der Waals surface area contributed by atoms with Crippen LogP contribution in [-0.2, 0) is 10.4 Å². The van der Waals surface area contributed by atoms with Gasteiger partial charge in [0.25, 0.3) is 0 Å². The van der Waals surface area contributed by atoms with Crippen molar-refractivity contribution in [1.82, 2.24) is 4.90 Å². The maximum atomic E-state index is 13.2. The lowest BCUT2D eigenvalue weighted by atomic mass is 9.73. The normalized spacial score (nSPS) is 29.9. The van der Waals surface area contributed by atoms with E-state index < -0.39 is 5.60 Å². The van der Waals surface area contributed by atoms with Crippen molar-refractivity contribution < 1.29 is 9.90 Å². The first-order valence-corrected chi connectivity index (χ1v) is 9.20. The van der Waals surface area contributed by atoms with Gasteiger partial charge in [0.2, 0.25) is 5.91 Å².